The van der Waals surface area contributed by atoms with Crippen LogP contribution >= 0.6 is 11.3 Å². The number of hydrogen-bond donors (Lipinski definition) is 1. The van der Waals surface area contributed by atoms with Gasteiger partial charge in [0, 0.05) is 41.5 Å². The van der Waals surface area contributed by atoms with E-state index in [4.69, 9.17) is 0 Å². The van der Waals surface area contributed by atoms with Crippen LogP contribution in [0.2, 0.25) is 0 Å². The Kier molecular flexibility index (Phi) is 3.12. The number of anilines is 2. The summed E-state index contributed by atoms with van der Waals surface area (Å²) in [6, 6.07) is 12.1. The van der Waals surface area contributed by atoms with Gasteiger partial charge in [0.15, 0.2) is 0 Å². The molecular formula is C17H14N4S. The lowest BCUT2D eigenvalue weighted by Gasteiger charge is -2.06. The molecule has 0 unspecified atom stereocenters. The van der Waals surface area contributed by atoms with Crippen molar-refractivity contribution in [2.24, 2.45) is 7.05 Å². The summed E-state index contributed by atoms with van der Waals surface area (Å²) in [4.78, 5) is 8.78. The first-order chi connectivity index (χ1) is 10.8. The summed E-state index contributed by atoms with van der Waals surface area (Å²) in [5.41, 5.74) is 3.57. The van der Waals surface area contributed by atoms with Crippen LogP contribution in [-0.4, -0.2) is 14.5 Å². The van der Waals surface area contributed by atoms with E-state index in [0.717, 1.165) is 22.5 Å². The van der Waals surface area contributed by atoms with Gasteiger partial charge in [0.05, 0.1) is 5.52 Å². The molecule has 0 bridgehead atoms. The maximum absolute atomic E-state index is 4.48. The third-order valence-corrected chi connectivity index (χ3v) is 4.38. The fourth-order valence-electron chi connectivity index (χ4n) is 2.61. The first kappa shape index (κ1) is 13.0. The van der Waals surface area contributed by atoms with E-state index in [1.54, 1.807) is 17.5 Å². The van der Waals surface area contributed by atoms with Gasteiger partial charge in [-0.1, -0.05) is 6.07 Å². The standard InChI is InChI=1S/C17H14N4S/c1-21-14-5-8-19-17(20-16-4-2-3-7-18-16)13(14)10-15(21)12-6-9-22-11-12/h2-11H,1H3,(H,18,19,20). The summed E-state index contributed by atoms with van der Waals surface area (Å²) in [6.45, 7) is 0. The first-order valence-corrected chi connectivity index (χ1v) is 7.92. The average molecular weight is 306 g/mol. The van der Waals surface area contributed by atoms with E-state index in [2.05, 4.69) is 49.8 Å². The van der Waals surface area contributed by atoms with Crippen molar-refractivity contribution in [3.8, 4) is 11.3 Å². The number of hydrogen-bond acceptors (Lipinski definition) is 4. The minimum absolute atomic E-state index is 0.795. The lowest BCUT2D eigenvalue weighted by atomic mass is 10.2. The topological polar surface area (TPSA) is 42.7 Å². The second-order valence-corrected chi connectivity index (χ2v) is 5.81. The van der Waals surface area contributed by atoms with Crippen LogP contribution < -0.4 is 5.32 Å². The van der Waals surface area contributed by atoms with Crippen molar-refractivity contribution in [2.75, 3.05) is 5.32 Å². The summed E-state index contributed by atoms with van der Waals surface area (Å²) in [5, 5.41) is 8.65. The van der Waals surface area contributed by atoms with Gasteiger partial charge >= 0.3 is 0 Å². The van der Waals surface area contributed by atoms with E-state index in [9.17, 15) is 0 Å². The number of aromatic nitrogens is 3. The molecule has 0 atom stereocenters. The molecule has 0 aromatic carbocycles. The number of nitrogens with one attached hydrogen (secondary N) is 1. The highest BCUT2D eigenvalue weighted by Gasteiger charge is 2.12. The molecule has 0 aliphatic heterocycles. The quantitative estimate of drug-likeness (QED) is 0.608. The normalized spacial score (nSPS) is 11.0. The SMILES string of the molecule is Cn1c(-c2ccsc2)cc2c(Nc3ccccn3)nccc21. The number of nitrogens with zero attached hydrogens (tertiary/aromatic N) is 3. The van der Waals surface area contributed by atoms with Crippen LogP contribution in [-0.2, 0) is 7.05 Å². The van der Waals surface area contributed by atoms with Gasteiger partial charge < -0.3 is 9.88 Å². The summed E-state index contributed by atoms with van der Waals surface area (Å²) in [6.07, 6.45) is 3.59. The Morgan fingerprint density at radius 2 is 2.05 bits per heavy atom. The summed E-state index contributed by atoms with van der Waals surface area (Å²) in [5.74, 6) is 1.62. The van der Waals surface area contributed by atoms with E-state index in [-0.39, 0.29) is 0 Å². The van der Waals surface area contributed by atoms with Crippen LogP contribution in [0, 0.1) is 0 Å². The van der Waals surface area contributed by atoms with Crippen molar-refractivity contribution in [2.45, 2.75) is 0 Å². The zero-order valence-corrected chi connectivity index (χ0v) is 12.8. The van der Waals surface area contributed by atoms with Crippen molar-refractivity contribution in [1.82, 2.24) is 14.5 Å². The molecule has 4 rings (SSSR count). The predicted octanol–water partition coefficient (Wildman–Crippen LogP) is 4.44. The highest BCUT2D eigenvalue weighted by Crippen LogP contribution is 2.32. The van der Waals surface area contributed by atoms with Crippen molar-refractivity contribution in [3.63, 3.8) is 0 Å². The molecule has 0 radical (unpaired) electrons. The van der Waals surface area contributed by atoms with E-state index in [0.29, 0.717) is 0 Å². The molecule has 1 N–H and O–H groups in total. The van der Waals surface area contributed by atoms with Crippen molar-refractivity contribution < 1.29 is 0 Å². The Bertz CT molecular complexity index is 911. The number of rotatable bonds is 3. The largest absolute Gasteiger partial charge is 0.343 e. The maximum Gasteiger partial charge on any atom is 0.140 e. The summed E-state index contributed by atoms with van der Waals surface area (Å²) in [7, 11) is 2.08. The van der Waals surface area contributed by atoms with Crippen LogP contribution in [0.3, 0.4) is 0 Å². The second kappa shape index (κ2) is 5.27. The molecule has 0 spiro atoms. The van der Waals surface area contributed by atoms with Gasteiger partial charge in [-0.15, -0.1) is 0 Å². The molecule has 4 aromatic heterocycles. The minimum Gasteiger partial charge on any atom is -0.343 e. The summed E-state index contributed by atoms with van der Waals surface area (Å²) < 4.78 is 2.20. The van der Waals surface area contributed by atoms with E-state index < -0.39 is 0 Å². The molecule has 4 heterocycles. The molecule has 0 fully saturated rings. The molecule has 5 heteroatoms. The van der Waals surface area contributed by atoms with Gasteiger partial charge in [-0.25, -0.2) is 9.97 Å². The molecular weight excluding hydrogens is 292 g/mol. The van der Waals surface area contributed by atoms with E-state index in [1.165, 1.54) is 11.3 Å². The Morgan fingerprint density at radius 1 is 1.09 bits per heavy atom. The first-order valence-electron chi connectivity index (χ1n) is 6.98. The fourth-order valence-corrected chi connectivity index (χ4v) is 3.26. The van der Waals surface area contributed by atoms with Gasteiger partial charge in [0.1, 0.15) is 11.6 Å². The van der Waals surface area contributed by atoms with E-state index >= 15 is 0 Å². The van der Waals surface area contributed by atoms with Crippen LogP contribution in [0.4, 0.5) is 11.6 Å². The highest BCUT2D eigenvalue weighted by molar-refractivity contribution is 7.08. The lowest BCUT2D eigenvalue weighted by molar-refractivity contribution is 0.978. The maximum atomic E-state index is 4.48. The van der Waals surface area contributed by atoms with Crippen LogP contribution in [0.25, 0.3) is 22.2 Å². The van der Waals surface area contributed by atoms with Gasteiger partial charge in [0.2, 0.25) is 0 Å². The molecule has 108 valence electrons. The predicted molar refractivity (Wildman–Crippen MR) is 91.5 cm³/mol. The number of pyridine rings is 2. The van der Waals surface area contributed by atoms with Crippen LogP contribution in [0.15, 0.2) is 59.6 Å². The number of thiophene rings is 1. The third kappa shape index (κ3) is 2.16. The lowest BCUT2D eigenvalue weighted by Crippen LogP contribution is -1.96. The number of aryl methyl sites for hydroxylation is 1. The minimum atomic E-state index is 0.795. The summed E-state index contributed by atoms with van der Waals surface area (Å²) >= 11 is 1.71. The van der Waals surface area contributed by atoms with Crippen molar-refractivity contribution in [1.29, 1.82) is 0 Å². The molecule has 0 aliphatic rings. The zero-order chi connectivity index (χ0) is 14.9. The molecule has 0 saturated carbocycles. The van der Waals surface area contributed by atoms with E-state index in [1.807, 2.05) is 30.5 Å². The van der Waals surface area contributed by atoms with Crippen LogP contribution in [0.5, 0.6) is 0 Å². The monoisotopic (exact) mass is 306 g/mol. The molecule has 0 saturated heterocycles. The van der Waals surface area contributed by atoms with Crippen molar-refractivity contribution in [3.05, 3.63) is 59.6 Å². The Morgan fingerprint density at radius 3 is 2.82 bits per heavy atom. The van der Waals surface area contributed by atoms with Crippen molar-refractivity contribution >= 4 is 33.9 Å². The Balaban J connectivity index is 1.85. The zero-order valence-electron chi connectivity index (χ0n) is 12.0. The molecule has 0 amide bonds. The Hall–Kier alpha value is -2.66. The van der Waals surface area contributed by atoms with Gasteiger partial charge in [-0.2, -0.15) is 11.3 Å². The fraction of sp³-hybridized carbons (Fsp3) is 0.0588. The van der Waals surface area contributed by atoms with Gasteiger partial charge in [-0.3, -0.25) is 0 Å². The third-order valence-electron chi connectivity index (χ3n) is 3.70. The number of fused-ring (bicyclic) bond motifs is 1. The van der Waals surface area contributed by atoms with Crippen LogP contribution in [0.1, 0.15) is 0 Å². The molecule has 4 nitrogen and oxygen atoms in total. The van der Waals surface area contributed by atoms with Gasteiger partial charge in [-0.05, 0) is 35.7 Å². The highest BCUT2D eigenvalue weighted by atomic mass is 32.1. The molecule has 0 aliphatic carbocycles. The second-order valence-electron chi connectivity index (χ2n) is 5.03. The smallest absolute Gasteiger partial charge is 0.140 e. The molecule has 22 heavy (non-hydrogen) atoms. The van der Waals surface area contributed by atoms with Gasteiger partial charge in [0.25, 0.3) is 0 Å². The average Bonchev–Trinajstić information content (AvgIpc) is 3.18. The Labute approximate surface area is 132 Å². The molecule has 4 aromatic rings.